The van der Waals surface area contributed by atoms with Crippen LogP contribution in [0.15, 0.2) is 102 Å². The molecule has 5 nitrogen and oxygen atoms in total. The molecule has 4 rings (SSSR count). The number of aryl methyl sites for hydroxylation is 1. The fourth-order valence-corrected chi connectivity index (χ4v) is 5.52. The van der Waals surface area contributed by atoms with E-state index in [0.717, 1.165) is 28.8 Å². The predicted molar refractivity (Wildman–Crippen MR) is 149 cm³/mol. The van der Waals surface area contributed by atoms with Gasteiger partial charge in [0.05, 0.1) is 18.5 Å². The first-order valence-corrected chi connectivity index (χ1v) is 14.4. The largest absolute Gasteiger partial charge is 0.322 e. The Kier molecular flexibility index (Phi) is 8.31. The van der Waals surface area contributed by atoms with E-state index in [-0.39, 0.29) is 18.3 Å². The number of hydrogen-bond acceptors (Lipinski definition) is 4. The van der Waals surface area contributed by atoms with E-state index in [2.05, 4.69) is 23.5 Å². The molecule has 8 heteroatoms. The highest BCUT2D eigenvalue weighted by Crippen LogP contribution is 2.26. The van der Waals surface area contributed by atoms with Crippen LogP contribution in [0.4, 0.5) is 15.8 Å². The minimum absolute atomic E-state index is 0.0543. The molecule has 0 spiro atoms. The molecule has 0 saturated heterocycles. The summed E-state index contributed by atoms with van der Waals surface area (Å²) in [4.78, 5) is 14.1. The van der Waals surface area contributed by atoms with Crippen LogP contribution in [0.25, 0.3) is 0 Å². The second-order valence-electron chi connectivity index (χ2n) is 8.65. The Hall–Kier alpha value is -3.62. The third kappa shape index (κ3) is 7.21. The highest BCUT2D eigenvalue weighted by molar-refractivity contribution is 7.98. The van der Waals surface area contributed by atoms with Crippen molar-refractivity contribution < 1.29 is 17.6 Å². The van der Waals surface area contributed by atoms with Crippen molar-refractivity contribution >= 4 is 39.1 Å². The van der Waals surface area contributed by atoms with Crippen molar-refractivity contribution in [1.29, 1.82) is 0 Å². The highest BCUT2D eigenvalue weighted by Gasteiger charge is 2.19. The number of thioether (sulfide) groups is 1. The van der Waals surface area contributed by atoms with Crippen LogP contribution in [-0.2, 0) is 22.3 Å². The fraction of sp³-hybridized carbons (Fsp3) is 0.138. The summed E-state index contributed by atoms with van der Waals surface area (Å²) >= 11 is 1.75. The third-order valence-corrected chi connectivity index (χ3v) is 7.97. The van der Waals surface area contributed by atoms with Crippen molar-refractivity contribution in [3.05, 3.63) is 125 Å². The summed E-state index contributed by atoms with van der Waals surface area (Å²) in [6.07, 6.45) is 1.11. The monoisotopic (exact) mass is 534 g/mol. The summed E-state index contributed by atoms with van der Waals surface area (Å²) < 4.78 is 39.3. The van der Waals surface area contributed by atoms with Crippen LogP contribution in [0.2, 0.25) is 0 Å². The second kappa shape index (κ2) is 11.6. The van der Waals surface area contributed by atoms with Crippen LogP contribution in [0, 0.1) is 12.7 Å². The van der Waals surface area contributed by atoms with E-state index in [1.807, 2.05) is 37.3 Å². The molecule has 0 aliphatic rings. The lowest BCUT2D eigenvalue weighted by Gasteiger charge is -2.23. The molecule has 37 heavy (non-hydrogen) atoms. The molecule has 1 N–H and O–H groups in total. The number of rotatable bonds is 9. The molecule has 1 amide bonds. The molecule has 0 atom stereocenters. The topological polar surface area (TPSA) is 66.5 Å². The molecule has 0 heterocycles. The molecule has 4 aromatic carbocycles. The van der Waals surface area contributed by atoms with Gasteiger partial charge in [0.25, 0.3) is 5.91 Å². The zero-order chi connectivity index (χ0) is 26.4. The maximum absolute atomic E-state index is 13.2. The van der Waals surface area contributed by atoms with E-state index in [1.54, 1.807) is 48.2 Å². The number of hydrogen-bond donors (Lipinski definition) is 1. The molecule has 0 saturated carbocycles. The molecule has 190 valence electrons. The summed E-state index contributed by atoms with van der Waals surface area (Å²) in [6, 6.07) is 28.2. The number of carbonyl (C=O) groups excluding carboxylic acids is 1. The SMILES string of the molecule is Cc1cc(CSc2ccccc2)ccc1NC(=O)c1ccc(N(Cc2ccc(F)cc2)S(C)(=O)=O)cc1. The molecule has 0 aliphatic heterocycles. The van der Waals surface area contributed by atoms with Gasteiger partial charge in [-0.25, -0.2) is 12.8 Å². The van der Waals surface area contributed by atoms with Gasteiger partial charge in [0.15, 0.2) is 0 Å². The Morgan fingerprint density at radius 3 is 2.16 bits per heavy atom. The van der Waals surface area contributed by atoms with E-state index >= 15 is 0 Å². The number of carbonyl (C=O) groups is 1. The van der Waals surface area contributed by atoms with Crippen molar-refractivity contribution in [3.8, 4) is 0 Å². The molecule has 0 unspecified atom stereocenters. The number of halogens is 1. The Bertz CT molecular complexity index is 1470. The van der Waals surface area contributed by atoms with E-state index < -0.39 is 10.0 Å². The smallest absolute Gasteiger partial charge is 0.255 e. The molecule has 0 radical (unpaired) electrons. The van der Waals surface area contributed by atoms with Crippen LogP contribution in [0.1, 0.15) is 27.0 Å². The van der Waals surface area contributed by atoms with Gasteiger partial charge in [-0.3, -0.25) is 9.10 Å². The summed E-state index contributed by atoms with van der Waals surface area (Å²) in [6.45, 7) is 2.01. The van der Waals surface area contributed by atoms with Gasteiger partial charge in [-0.05, 0) is 78.2 Å². The molecule has 0 aliphatic carbocycles. The van der Waals surface area contributed by atoms with Crippen LogP contribution < -0.4 is 9.62 Å². The van der Waals surface area contributed by atoms with Gasteiger partial charge in [0.2, 0.25) is 10.0 Å². The number of nitrogens with one attached hydrogen (secondary N) is 1. The Morgan fingerprint density at radius 1 is 0.892 bits per heavy atom. The summed E-state index contributed by atoms with van der Waals surface area (Å²) in [5.41, 5.74) is 4.31. The van der Waals surface area contributed by atoms with Gasteiger partial charge in [-0.1, -0.05) is 42.5 Å². The van der Waals surface area contributed by atoms with Crippen molar-refractivity contribution in [2.75, 3.05) is 15.9 Å². The first-order chi connectivity index (χ1) is 17.7. The predicted octanol–water partition coefficient (Wildman–Crippen LogP) is 6.64. The first kappa shape index (κ1) is 26.4. The molecular weight excluding hydrogens is 507 g/mol. The lowest BCUT2D eigenvalue weighted by Crippen LogP contribution is -2.29. The van der Waals surface area contributed by atoms with Gasteiger partial charge in [-0.2, -0.15) is 0 Å². The maximum Gasteiger partial charge on any atom is 0.255 e. The number of sulfonamides is 1. The van der Waals surface area contributed by atoms with Crippen LogP contribution in [0.3, 0.4) is 0 Å². The van der Waals surface area contributed by atoms with E-state index in [4.69, 9.17) is 0 Å². The Labute approximate surface area is 221 Å². The standard InChI is InChI=1S/C29H27FN2O3S2/c1-21-18-23(20-36-27-6-4-3-5-7-27)10-17-28(21)31-29(33)24-11-15-26(16-12-24)32(37(2,34)35)19-22-8-13-25(30)14-9-22/h3-18H,19-20H2,1-2H3,(H,31,33). The van der Waals surface area contributed by atoms with Gasteiger partial charge in [-0.15, -0.1) is 11.8 Å². The second-order valence-corrected chi connectivity index (χ2v) is 11.6. The van der Waals surface area contributed by atoms with Crippen molar-refractivity contribution in [3.63, 3.8) is 0 Å². The fourth-order valence-electron chi connectivity index (χ4n) is 3.77. The minimum Gasteiger partial charge on any atom is -0.322 e. The van der Waals surface area contributed by atoms with Crippen LogP contribution in [-0.4, -0.2) is 20.6 Å². The van der Waals surface area contributed by atoms with E-state index in [9.17, 15) is 17.6 Å². The lowest BCUT2D eigenvalue weighted by molar-refractivity contribution is 0.102. The number of amides is 1. The Balaban J connectivity index is 1.43. The maximum atomic E-state index is 13.2. The molecule has 4 aromatic rings. The molecule has 0 aromatic heterocycles. The lowest BCUT2D eigenvalue weighted by atomic mass is 10.1. The average molecular weight is 535 g/mol. The Morgan fingerprint density at radius 2 is 1.54 bits per heavy atom. The average Bonchev–Trinajstić information content (AvgIpc) is 2.88. The zero-order valence-corrected chi connectivity index (χ0v) is 22.2. The zero-order valence-electron chi connectivity index (χ0n) is 20.5. The van der Waals surface area contributed by atoms with Gasteiger partial charge in [0, 0.05) is 21.9 Å². The van der Waals surface area contributed by atoms with Crippen molar-refractivity contribution in [2.24, 2.45) is 0 Å². The van der Waals surface area contributed by atoms with Gasteiger partial charge in [0.1, 0.15) is 5.82 Å². The summed E-state index contributed by atoms with van der Waals surface area (Å²) in [5, 5.41) is 2.94. The number of benzene rings is 4. The van der Waals surface area contributed by atoms with Crippen LogP contribution in [0.5, 0.6) is 0 Å². The molecule has 0 bridgehead atoms. The molecular formula is C29H27FN2O3S2. The van der Waals surface area contributed by atoms with Crippen molar-refractivity contribution in [2.45, 2.75) is 24.1 Å². The summed E-state index contributed by atoms with van der Waals surface area (Å²) in [7, 11) is -3.60. The van der Waals surface area contributed by atoms with Gasteiger partial charge < -0.3 is 5.32 Å². The van der Waals surface area contributed by atoms with E-state index in [1.165, 1.54) is 21.3 Å². The van der Waals surface area contributed by atoms with Crippen molar-refractivity contribution in [1.82, 2.24) is 0 Å². The number of anilines is 2. The quantitative estimate of drug-likeness (QED) is 0.244. The minimum atomic E-state index is -3.60. The van der Waals surface area contributed by atoms with Crippen LogP contribution >= 0.6 is 11.8 Å². The third-order valence-electron chi connectivity index (χ3n) is 5.74. The number of nitrogens with zero attached hydrogens (tertiary/aromatic N) is 1. The summed E-state index contributed by atoms with van der Waals surface area (Å²) in [5.74, 6) is 0.154. The normalized spacial score (nSPS) is 11.2. The van der Waals surface area contributed by atoms with Gasteiger partial charge >= 0.3 is 0 Å². The highest BCUT2D eigenvalue weighted by atomic mass is 32.2. The van der Waals surface area contributed by atoms with E-state index in [0.29, 0.717) is 16.8 Å². The molecule has 0 fully saturated rings. The first-order valence-electron chi connectivity index (χ1n) is 11.6.